The third-order valence-corrected chi connectivity index (χ3v) is 14.1. The lowest BCUT2D eigenvalue weighted by atomic mass is 10.0. The van der Waals surface area contributed by atoms with Crippen LogP contribution in [0.25, 0.3) is 0 Å². The zero-order valence-electron chi connectivity index (χ0n) is 50.7. The molecule has 6 heteroatoms. The molecule has 0 heterocycles. The molecule has 0 saturated heterocycles. The Bertz CT molecular complexity index is 1510. The van der Waals surface area contributed by atoms with Crippen LogP contribution in [-0.4, -0.2) is 37.2 Å². The molecule has 0 radical (unpaired) electrons. The second kappa shape index (κ2) is 64.9. The fourth-order valence-corrected chi connectivity index (χ4v) is 9.19. The van der Waals surface area contributed by atoms with E-state index in [9.17, 15) is 14.4 Å². The number of carbonyl (C=O) groups is 3. The van der Waals surface area contributed by atoms with E-state index in [2.05, 4.69) is 118 Å². The summed E-state index contributed by atoms with van der Waals surface area (Å²) in [7, 11) is 0. The van der Waals surface area contributed by atoms with Gasteiger partial charge in [0.15, 0.2) is 6.10 Å². The summed E-state index contributed by atoms with van der Waals surface area (Å²) in [4.78, 5) is 38.3. The van der Waals surface area contributed by atoms with Crippen LogP contribution in [0.4, 0.5) is 0 Å². The van der Waals surface area contributed by atoms with Gasteiger partial charge in [-0.15, -0.1) is 0 Å². The zero-order chi connectivity index (χ0) is 55.7. The third kappa shape index (κ3) is 63.0. The molecule has 77 heavy (non-hydrogen) atoms. The van der Waals surface area contributed by atoms with Gasteiger partial charge in [0.2, 0.25) is 0 Å². The number of ether oxygens (including phenoxy) is 3. The molecule has 0 fully saturated rings. The van der Waals surface area contributed by atoms with Crippen molar-refractivity contribution in [2.75, 3.05) is 13.2 Å². The first-order valence-electron chi connectivity index (χ1n) is 32.7. The predicted octanol–water partition coefficient (Wildman–Crippen LogP) is 22.4. The first kappa shape index (κ1) is 73.3. The highest BCUT2D eigenvalue weighted by molar-refractivity contribution is 5.71. The van der Waals surface area contributed by atoms with Crippen molar-refractivity contribution in [2.24, 2.45) is 0 Å². The van der Waals surface area contributed by atoms with E-state index >= 15 is 0 Å². The second-order valence-corrected chi connectivity index (χ2v) is 21.6. The van der Waals surface area contributed by atoms with Crippen molar-refractivity contribution in [1.82, 2.24) is 0 Å². The Balaban J connectivity index is 4.47. The van der Waals surface area contributed by atoms with E-state index in [1.165, 1.54) is 180 Å². The number of hydrogen-bond acceptors (Lipinski definition) is 6. The van der Waals surface area contributed by atoms with E-state index in [4.69, 9.17) is 14.2 Å². The fourth-order valence-electron chi connectivity index (χ4n) is 9.19. The lowest BCUT2D eigenvalue weighted by Crippen LogP contribution is -2.30. The van der Waals surface area contributed by atoms with Gasteiger partial charge in [0.25, 0.3) is 0 Å². The van der Waals surface area contributed by atoms with Gasteiger partial charge in [-0.1, -0.05) is 298 Å². The van der Waals surface area contributed by atoms with Gasteiger partial charge in [-0.25, -0.2) is 0 Å². The Labute approximate surface area is 477 Å². The molecular weight excluding hydrogens is 949 g/mol. The zero-order valence-corrected chi connectivity index (χ0v) is 50.7. The topological polar surface area (TPSA) is 78.9 Å². The van der Waals surface area contributed by atoms with Crippen molar-refractivity contribution in [1.29, 1.82) is 0 Å². The molecule has 0 spiro atoms. The fraction of sp³-hybridized carbons (Fsp3) is 0.732. The number of carbonyl (C=O) groups excluding carboxylic acids is 3. The Morgan fingerprint density at radius 1 is 0.273 bits per heavy atom. The summed E-state index contributed by atoms with van der Waals surface area (Å²) in [6.45, 7) is 6.51. The van der Waals surface area contributed by atoms with Gasteiger partial charge in [-0.3, -0.25) is 14.4 Å². The molecule has 0 N–H and O–H groups in total. The molecule has 1 unspecified atom stereocenters. The number of rotatable bonds is 59. The minimum atomic E-state index is -0.804. The van der Waals surface area contributed by atoms with Crippen molar-refractivity contribution in [3.63, 3.8) is 0 Å². The molecule has 0 aromatic heterocycles. The smallest absolute Gasteiger partial charge is 0.306 e. The molecule has 442 valence electrons. The van der Waals surface area contributed by atoms with Crippen LogP contribution < -0.4 is 0 Å². The van der Waals surface area contributed by atoms with Gasteiger partial charge < -0.3 is 14.2 Å². The Morgan fingerprint density at radius 3 is 0.857 bits per heavy atom. The number of esters is 3. The molecule has 0 bridgehead atoms. The third-order valence-electron chi connectivity index (χ3n) is 14.1. The molecule has 0 aromatic rings. The van der Waals surface area contributed by atoms with E-state index in [0.29, 0.717) is 19.3 Å². The molecular formula is C71H122O6. The summed E-state index contributed by atoms with van der Waals surface area (Å²) >= 11 is 0. The van der Waals surface area contributed by atoms with Crippen molar-refractivity contribution in [3.05, 3.63) is 97.2 Å². The summed E-state index contributed by atoms with van der Waals surface area (Å²) in [5, 5.41) is 0. The van der Waals surface area contributed by atoms with Crippen LogP contribution in [-0.2, 0) is 28.6 Å². The minimum absolute atomic E-state index is 0.0947. The highest BCUT2D eigenvalue weighted by Crippen LogP contribution is 2.17. The SMILES string of the molecule is CC/C=C\C/C=C\C/C=C\C/C=C\C/C=C\C/C=C\C/C=C\CCCC(=O)OCC(COC(=O)CCCCCCCCCCCCCCCCCCCC)OC(=O)CCCCCCCCC/C=C\CCCCCCCCC. The number of unbranched alkanes of at least 4 members (excludes halogenated alkanes) is 32. The standard InChI is InChI=1S/C71H122O6/c1-4-7-10-13-16-19-22-25-28-31-34-35-36-37-38-41-43-46-49-52-55-58-61-64-70(73)76-67-68(77-71(74)65-62-59-56-53-50-47-44-40-33-30-27-24-21-18-15-12-9-6-3)66-75-69(72)63-60-57-54-51-48-45-42-39-32-29-26-23-20-17-14-11-8-5-2/h7,10,16,19,25,28,30,33-35,37-38,43,46,52,55,68H,4-6,8-9,11-15,17-18,20-24,26-27,29,31-32,36,39-42,44-45,47-51,53-54,56-67H2,1-3H3/b10-7-,19-16-,28-25-,33-30-,35-34-,38-37-,46-43-,55-52-. The predicted molar refractivity (Wildman–Crippen MR) is 334 cm³/mol. The molecule has 0 rings (SSSR count). The average Bonchev–Trinajstić information content (AvgIpc) is 3.43. The van der Waals surface area contributed by atoms with Gasteiger partial charge in [0, 0.05) is 19.3 Å². The quantitative estimate of drug-likeness (QED) is 0.0261. The van der Waals surface area contributed by atoms with Crippen LogP contribution in [0.2, 0.25) is 0 Å². The maximum atomic E-state index is 12.9. The molecule has 0 aliphatic rings. The molecule has 0 saturated carbocycles. The van der Waals surface area contributed by atoms with E-state index in [0.717, 1.165) is 89.9 Å². The molecule has 0 aliphatic heterocycles. The maximum Gasteiger partial charge on any atom is 0.306 e. The van der Waals surface area contributed by atoms with E-state index < -0.39 is 6.10 Å². The summed E-state index contributed by atoms with van der Waals surface area (Å²) in [5.41, 5.74) is 0. The molecule has 6 nitrogen and oxygen atoms in total. The van der Waals surface area contributed by atoms with Gasteiger partial charge in [-0.05, 0) is 96.3 Å². The summed E-state index contributed by atoms with van der Waals surface area (Å²) in [5.74, 6) is -0.948. The van der Waals surface area contributed by atoms with Crippen molar-refractivity contribution in [3.8, 4) is 0 Å². The monoisotopic (exact) mass is 1070 g/mol. The summed E-state index contributed by atoms with van der Waals surface area (Å²) in [6, 6.07) is 0. The first-order valence-corrected chi connectivity index (χ1v) is 32.7. The van der Waals surface area contributed by atoms with Crippen LogP contribution in [0.3, 0.4) is 0 Å². The molecule has 0 amide bonds. The van der Waals surface area contributed by atoms with E-state index in [-0.39, 0.29) is 37.5 Å². The normalized spacial score (nSPS) is 12.7. The highest BCUT2D eigenvalue weighted by Gasteiger charge is 2.19. The van der Waals surface area contributed by atoms with Gasteiger partial charge in [0.1, 0.15) is 13.2 Å². The van der Waals surface area contributed by atoms with Crippen molar-refractivity contribution < 1.29 is 28.6 Å². The lowest BCUT2D eigenvalue weighted by molar-refractivity contribution is -0.167. The van der Waals surface area contributed by atoms with Gasteiger partial charge in [-0.2, -0.15) is 0 Å². The van der Waals surface area contributed by atoms with E-state index in [1.807, 2.05) is 0 Å². The number of hydrogen-bond donors (Lipinski definition) is 0. The molecule has 1 atom stereocenters. The van der Waals surface area contributed by atoms with Gasteiger partial charge in [0.05, 0.1) is 0 Å². The largest absolute Gasteiger partial charge is 0.462 e. The highest BCUT2D eigenvalue weighted by atomic mass is 16.6. The summed E-state index contributed by atoms with van der Waals surface area (Å²) in [6.07, 6.45) is 87.0. The van der Waals surface area contributed by atoms with Crippen LogP contribution in [0.15, 0.2) is 97.2 Å². The molecule has 0 aromatic carbocycles. The van der Waals surface area contributed by atoms with E-state index in [1.54, 1.807) is 0 Å². The van der Waals surface area contributed by atoms with Crippen LogP contribution in [0.1, 0.15) is 316 Å². The Kier molecular flexibility index (Phi) is 61.8. The minimum Gasteiger partial charge on any atom is -0.462 e. The van der Waals surface area contributed by atoms with Crippen molar-refractivity contribution in [2.45, 2.75) is 322 Å². The first-order chi connectivity index (χ1) is 38.0. The van der Waals surface area contributed by atoms with Gasteiger partial charge >= 0.3 is 17.9 Å². The van der Waals surface area contributed by atoms with Crippen LogP contribution in [0.5, 0.6) is 0 Å². The Hall–Kier alpha value is -3.67. The van der Waals surface area contributed by atoms with Crippen LogP contribution in [0, 0.1) is 0 Å². The molecule has 0 aliphatic carbocycles. The average molecular weight is 1070 g/mol. The second-order valence-electron chi connectivity index (χ2n) is 21.6. The van der Waals surface area contributed by atoms with Crippen molar-refractivity contribution >= 4 is 17.9 Å². The van der Waals surface area contributed by atoms with Crippen LogP contribution >= 0.6 is 0 Å². The maximum absolute atomic E-state index is 12.9. The lowest BCUT2D eigenvalue weighted by Gasteiger charge is -2.18. The number of allylic oxidation sites excluding steroid dienone is 16. The Morgan fingerprint density at radius 2 is 0.519 bits per heavy atom. The summed E-state index contributed by atoms with van der Waals surface area (Å²) < 4.78 is 16.9.